The average molecular weight is 232 g/mol. The first-order valence-electron chi connectivity index (χ1n) is 6.53. The summed E-state index contributed by atoms with van der Waals surface area (Å²) in [5, 5.41) is 0. The molecule has 2 N–H and O–H groups in total. The fraction of sp³-hybridized carbons (Fsp3) is 0.615. The van der Waals surface area contributed by atoms with Crippen molar-refractivity contribution in [2.45, 2.75) is 25.3 Å². The molecule has 2 aliphatic rings. The Bertz CT molecular complexity index is 393. The van der Waals surface area contributed by atoms with Crippen LogP contribution in [0.5, 0.6) is 0 Å². The van der Waals surface area contributed by atoms with Crippen molar-refractivity contribution in [2.24, 2.45) is 0 Å². The minimum Gasteiger partial charge on any atom is -0.399 e. The predicted molar refractivity (Wildman–Crippen MR) is 70.1 cm³/mol. The Labute approximate surface area is 102 Å². The molecule has 1 atom stereocenters. The summed E-state index contributed by atoms with van der Waals surface area (Å²) in [6.07, 6.45) is 5.72. The second-order valence-corrected chi connectivity index (χ2v) is 5.08. The molecule has 92 valence electrons. The Kier molecular flexibility index (Phi) is 2.89. The summed E-state index contributed by atoms with van der Waals surface area (Å²) in [4.78, 5) is 9.47. The third kappa shape index (κ3) is 2.22. The van der Waals surface area contributed by atoms with Crippen LogP contribution in [0.1, 0.15) is 19.3 Å². The quantitative estimate of drug-likeness (QED) is 0.793. The van der Waals surface area contributed by atoms with Crippen LogP contribution in [0.2, 0.25) is 0 Å². The number of pyridine rings is 1. The van der Waals surface area contributed by atoms with Gasteiger partial charge in [-0.1, -0.05) is 0 Å². The van der Waals surface area contributed by atoms with Gasteiger partial charge in [-0.05, 0) is 31.9 Å². The third-order valence-electron chi connectivity index (χ3n) is 3.90. The molecule has 4 nitrogen and oxygen atoms in total. The Hall–Kier alpha value is -1.29. The highest BCUT2D eigenvalue weighted by Crippen LogP contribution is 2.24. The van der Waals surface area contributed by atoms with E-state index in [1.807, 2.05) is 18.3 Å². The summed E-state index contributed by atoms with van der Waals surface area (Å²) in [7, 11) is 0. The first-order chi connectivity index (χ1) is 8.33. The van der Waals surface area contributed by atoms with E-state index in [1.54, 1.807) is 0 Å². The van der Waals surface area contributed by atoms with Gasteiger partial charge in [0.25, 0.3) is 0 Å². The highest BCUT2D eigenvalue weighted by atomic mass is 15.3. The molecule has 4 heteroatoms. The molecule has 2 saturated heterocycles. The molecular weight excluding hydrogens is 212 g/mol. The van der Waals surface area contributed by atoms with Gasteiger partial charge in [0.05, 0.1) is 0 Å². The molecule has 0 spiro atoms. The van der Waals surface area contributed by atoms with Gasteiger partial charge >= 0.3 is 0 Å². The normalized spacial score (nSPS) is 25.6. The van der Waals surface area contributed by atoms with Crippen LogP contribution in [0.3, 0.4) is 0 Å². The molecular formula is C13H20N4. The van der Waals surface area contributed by atoms with Gasteiger partial charge in [-0.3, -0.25) is 4.90 Å². The number of nitrogens with zero attached hydrogens (tertiary/aromatic N) is 3. The van der Waals surface area contributed by atoms with Crippen LogP contribution in [0.15, 0.2) is 18.3 Å². The van der Waals surface area contributed by atoms with E-state index < -0.39 is 0 Å². The minimum atomic E-state index is 0.723. The van der Waals surface area contributed by atoms with Crippen molar-refractivity contribution in [3.8, 4) is 0 Å². The SMILES string of the molecule is Nc1ccnc(N2CCCN3CCCC3C2)c1. The summed E-state index contributed by atoms with van der Waals surface area (Å²) < 4.78 is 0. The van der Waals surface area contributed by atoms with Crippen LogP contribution in [-0.2, 0) is 0 Å². The lowest BCUT2D eigenvalue weighted by Gasteiger charge is -2.26. The molecule has 1 unspecified atom stereocenters. The number of hydrogen-bond acceptors (Lipinski definition) is 4. The van der Waals surface area contributed by atoms with Crippen molar-refractivity contribution in [1.82, 2.24) is 9.88 Å². The van der Waals surface area contributed by atoms with Gasteiger partial charge in [-0.2, -0.15) is 0 Å². The topological polar surface area (TPSA) is 45.4 Å². The number of hydrogen-bond donors (Lipinski definition) is 1. The van der Waals surface area contributed by atoms with E-state index in [9.17, 15) is 0 Å². The van der Waals surface area contributed by atoms with Crippen molar-refractivity contribution in [3.63, 3.8) is 0 Å². The largest absolute Gasteiger partial charge is 0.399 e. The number of fused-ring (bicyclic) bond motifs is 1. The summed E-state index contributed by atoms with van der Waals surface area (Å²) in [5.41, 5.74) is 6.64. The number of nitrogen functional groups attached to an aromatic ring is 1. The molecule has 0 saturated carbocycles. The van der Waals surface area contributed by atoms with Gasteiger partial charge in [-0.25, -0.2) is 4.98 Å². The third-order valence-corrected chi connectivity index (χ3v) is 3.90. The van der Waals surface area contributed by atoms with Crippen LogP contribution in [-0.4, -0.2) is 42.1 Å². The Morgan fingerprint density at radius 1 is 1.24 bits per heavy atom. The molecule has 0 amide bonds. The van der Waals surface area contributed by atoms with Crippen LogP contribution < -0.4 is 10.6 Å². The molecule has 3 heterocycles. The minimum absolute atomic E-state index is 0.723. The zero-order chi connectivity index (χ0) is 11.7. The average Bonchev–Trinajstić information content (AvgIpc) is 2.66. The maximum atomic E-state index is 5.83. The molecule has 0 aliphatic carbocycles. The van der Waals surface area contributed by atoms with Crippen molar-refractivity contribution < 1.29 is 0 Å². The molecule has 1 aromatic heterocycles. The zero-order valence-corrected chi connectivity index (χ0v) is 10.2. The molecule has 17 heavy (non-hydrogen) atoms. The number of rotatable bonds is 1. The van der Waals surface area contributed by atoms with Gasteiger partial charge in [0.2, 0.25) is 0 Å². The van der Waals surface area contributed by atoms with Crippen LogP contribution in [0.25, 0.3) is 0 Å². The van der Waals surface area contributed by atoms with E-state index in [1.165, 1.54) is 32.4 Å². The van der Waals surface area contributed by atoms with Crippen molar-refractivity contribution in [1.29, 1.82) is 0 Å². The lowest BCUT2D eigenvalue weighted by molar-refractivity contribution is 0.273. The summed E-state index contributed by atoms with van der Waals surface area (Å²) in [6, 6.07) is 4.56. The fourth-order valence-electron chi connectivity index (χ4n) is 3.02. The monoisotopic (exact) mass is 232 g/mol. The van der Waals surface area contributed by atoms with Gasteiger partial charge in [-0.15, -0.1) is 0 Å². The van der Waals surface area contributed by atoms with Crippen molar-refractivity contribution in [2.75, 3.05) is 36.8 Å². The van der Waals surface area contributed by atoms with Crippen LogP contribution in [0, 0.1) is 0 Å². The van der Waals surface area contributed by atoms with Gasteiger partial charge < -0.3 is 10.6 Å². The second kappa shape index (κ2) is 4.53. The Morgan fingerprint density at radius 2 is 2.12 bits per heavy atom. The number of nitrogens with two attached hydrogens (primary N) is 1. The fourth-order valence-corrected chi connectivity index (χ4v) is 3.02. The highest BCUT2D eigenvalue weighted by Gasteiger charge is 2.28. The van der Waals surface area contributed by atoms with Crippen LogP contribution in [0.4, 0.5) is 11.5 Å². The first-order valence-corrected chi connectivity index (χ1v) is 6.53. The molecule has 2 fully saturated rings. The molecule has 0 bridgehead atoms. The van der Waals surface area contributed by atoms with Gasteiger partial charge in [0, 0.05) is 43.6 Å². The van der Waals surface area contributed by atoms with E-state index in [0.29, 0.717) is 0 Å². The van der Waals surface area contributed by atoms with Crippen molar-refractivity contribution >= 4 is 11.5 Å². The Morgan fingerprint density at radius 3 is 3.00 bits per heavy atom. The lowest BCUT2D eigenvalue weighted by Crippen LogP contribution is -2.36. The van der Waals surface area contributed by atoms with E-state index in [-0.39, 0.29) is 0 Å². The van der Waals surface area contributed by atoms with Gasteiger partial charge in [0.1, 0.15) is 5.82 Å². The summed E-state index contributed by atoms with van der Waals surface area (Å²) in [5.74, 6) is 1.04. The highest BCUT2D eigenvalue weighted by molar-refractivity contribution is 5.50. The molecule has 2 aliphatic heterocycles. The lowest BCUT2D eigenvalue weighted by atomic mass is 10.2. The molecule has 3 rings (SSSR count). The maximum absolute atomic E-state index is 5.83. The van der Waals surface area contributed by atoms with E-state index in [4.69, 9.17) is 5.73 Å². The zero-order valence-electron chi connectivity index (χ0n) is 10.2. The van der Waals surface area contributed by atoms with E-state index >= 15 is 0 Å². The smallest absolute Gasteiger partial charge is 0.130 e. The standard InChI is InChI=1S/C13H20N4/c14-11-4-5-15-13(9-11)17-8-2-7-16-6-1-3-12(16)10-17/h4-5,9,12H,1-3,6-8,10H2,(H2,14,15). The molecule has 0 radical (unpaired) electrons. The predicted octanol–water partition coefficient (Wildman–Crippen LogP) is 1.34. The van der Waals surface area contributed by atoms with E-state index in [2.05, 4.69) is 14.8 Å². The summed E-state index contributed by atoms with van der Waals surface area (Å²) >= 11 is 0. The molecule has 1 aromatic rings. The second-order valence-electron chi connectivity index (χ2n) is 5.08. The van der Waals surface area contributed by atoms with Gasteiger partial charge in [0.15, 0.2) is 0 Å². The van der Waals surface area contributed by atoms with Crippen LogP contribution >= 0.6 is 0 Å². The number of anilines is 2. The maximum Gasteiger partial charge on any atom is 0.130 e. The van der Waals surface area contributed by atoms with E-state index in [0.717, 1.165) is 30.6 Å². The van der Waals surface area contributed by atoms with Crippen molar-refractivity contribution in [3.05, 3.63) is 18.3 Å². The Balaban J connectivity index is 1.78. The number of aromatic nitrogens is 1. The first kappa shape index (κ1) is 10.8. The molecule has 0 aromatic carbocycles. The summed E-state index contributed by atoms with van der Waals surface area (Å²) in [6.45, 7) is 4.73.